The molecule has 0 aliphatic carbocycles. The van der Waals surface area contributed by atoms with Crippen LogP contribution in [-0.2, 0) is 10.2 Å². The van der Waals surface area contributed by atoms with Crippen LogP contribution in [0.2, 0.25) is 0 Å². The summed E-state index contributed by atoms with van der Waals surface area (Å²) in [5, 5.41) is 5.45. The van der Waals surface area contributed by atoms with Crippen molar-refractivity contribution in [1.82, 2.24) is 10.6 Å². The molecule has 0 radical (unpaired) electrons. The van der Waals surface area contributed by atoms with Gasteiger partial charge in [0.2, 0.25) is 5.91 Å². The van der Waals surface area contributed by atoms with Gasteiger partial charge in [0.05, 0.1) is 6.54 Å². The highest BCUT2D eigenvalue weighted by Crippen LogP contribution is 2.22. The van der Waals surface area contributed by atoms with E-state index in [1.165, 1.54) is 5.56 Å². The third kappa shape index (κ3) is 5.58. The summed E-state index contributed by atoms with van der Waals surface area (Å²) in [4.78, 5) is 23.6. The fourth-order valence-corrected chi connectivity index (χ4v) is 1.81. The first kappa shape index (κ1) is 17.2. The normalized spacial score (nSPS) is 12.6. The van der Waals surface area contributed by atoms with Gasteiger partial charge in [0.15, 0.2) is 0 Å². The summed E-state index contributed by atoms with van der Waals surface area (Å²) in [5.41, 5.74) is 1.80. The van der Waals surface area contributed by atoms with E-state index in [4.69, 9.17) is 0 Å². The molecule has 0 bridgehead atoms. The van der Waals surface area contributed by atoms with Crippen molar-refractivity contribution in [1.29, 1.82) is 0 Å². The summed E-state index contributed by atoms with van der Waals surface area (Å²) in [6, 6.07) is 7.62. The Labute approximate surface area is 127 Å². The molecular formula is C17H26N2O2. The van der Waals surface area contributed by atoms with Crippen molar-refractivity contribution in [3.63, 3.8) is 0 Å². The number of hydrogen-bond donors (Lipinski definition) is 2. The van der Waals surface area contributed by atoms with Gasteiger partial charge in [-0.2, -0.15) is 0 Å². The summed E-state index contributed by atoms with van der Waals surface area (Å²) in [7, 11) is 0. The zero-order valence-electron chi connectivity index (χ0n) is 13.6. The van der Waals surface area contributed by atoms with Gasteiger partial charge in [0.1, 0.15) is 0 Å². The summed E-state index contributed by atoms with van der Waals surface area (Å²) < 4.78 is 0. The van der Waals surface area contributed by atoms with Crippen molar-refractivity contribution >= 4 is 11.8 Å². The van der Waals surface area contributed by atoms with Gasteiger partial charge in [-0.1, -0.05) is 39.8 Å². The minimum Gasteiger partial charge on any atom is -0.352 e. The van der Waals surface area contributed by atoms with Gasteiger partial charge in [-0.15, -0.1) is 0 Å². The molecule has 2 amide bonds. The number of carbonyl (C=O) groups is 2. The Bertz CT molecular complexity index is 487. The minimum absolute atomic E-state index is 0.00416. The molecule has 0 spiro atoms. The van der Waals surface area contributed by atoms with Crippen molar-refractivity contribution in [2.24, 2.45) is 0 Å². The molecule has 0 aromatic heterocycles. The van der Waals surface area contributed by atoms with E-state index in [1.54, 1.807) is 12.1 Å². The zero-order valence-corrected chi connectivity index (χ0v) is 13.6. The number of carbonyl (C=O) groups excluding carboxylic acids is 2. The lowest BCUT2D eigenvalue weighted by Crippen LogP contribution is -2.40. The van der Waals surface area contributed by atoms with Crippen LogP contribution in [0.3, 0.4) is 0 Å². The molecule has 0 heterocycles. The smallest absolute Gasteiger partial charge is 0.251 e. The molecule has 1 rings (SSSR count). The van der Waals surface area contributed by atoms with Crippen molar-refractivity contribution in [3.8, 4) is 0 Å². The second-order valence-electron chi connectivity index (χ2n) is 6.39. The number of amides is 2. The number of rotatable bonds is 5. The van der Waals surface area contributed by atoms with Crippen LogP contribution in [0.5, 0.6) is 0 Å². The third-order valence-corrected chi connectivity index (χ3v) is 3.44. The van der Waals surface area contributed by atoms with E-state index in [0.29, 0.717) is 5.56 Å². The van der Waals surface area contributed by atoms with E-state index >= 15 is 0 Å². The van der Waals surface area contributed by atoms with Crippen molar-refractivity contribution in [2.45, 2.75) is 52.5 Å². The molecule has 2 N–H and O–H groups in total. The largest absolute Gasteiger partial charge is 0.352 e. The van der Waals surface area contributed by atoms with Crippen LogP contribution >= 0.6 is 0 Å². The van der Waals surface area contributed by atoms with Crippen LogP contribution in [-0.4, -0.2) is 24.4 Å². The molecule has 1 aromatic rings. The maximum absolute atomic E-state index is 12.0. The fraction of sp³-hybridized carbons (Fsp3) is 0.529. The van der Waals surface area contributed by atoms with E-state index in [-0.39, 0.29) is 29.8 Å². The SMILES string of the molecule is CCC(C)NC(=O)CNC(=O)c1ccc(C(C)(C)C)cc1. The van der Waals surface area contributed by atoms with Crippen LogP contribution in [0.15, 0.2) is 24.3 Å². The molecule has 21 heavy (non-hydrogen) atoms. The molecule has 0 aliphatic heterocycles. The standard InChI is InChI=1S/C17H26N2O2/c1-6-12(2)19-15(20)11-18-16(21)13-7-9-14(10-8-13)17(3,4)5/h7-10,12H,6,11H2,1-5H3,(H,18,21)(H,19,20). The van der Waals surface area contributed by atoms with Gasteiger partial charge < -0.3 is 10.6 Å². The Kier molecular flexibility index (Phi) is 5.94. The molecule has 0 aliphatic rings. The van der Waals surface area contributed by atoms with Crippen molar-refractivity contribution < 1.29 is 9.59 Å². The molecule has 1 aromatic carbocycles. The number of hydrogen-bond acceptors (Lipinski definition) is 2. The topological polar surface area (TPSA) is 58.2 Å². The third-order valence-electron chi connectivity index (χ3n) is 3.44. The molecule has 0 fully saturated rings. The van der Waals surface area contributed by atoms with Crippen LogP contribution in [0.1, 0.15) is 57.0 Å². The quantitative estimate of drug-likeness (QED) is 0.876. The van der Waals surface area contributed by atoms with Crippen LogP contribution in [0.4, 0.5) is 0 Å². The molecule has 116 valence electrons. The Balaban J connectivity index is 2.55. The summed E-state index contributed by atoms with van der Waals surface area (Å²) in [5.74, 6) is -0.390. The maximum Gasteiger partial charge on any atom is 0.251 e. The van der Waals surface area contributed by atoms with Gasteiger partial charge in [-0.05, 0) is 36.5 Å². The lowest BCUT2D eigenvalue weighted by molar-refractivity contribution is -0.120. The first-order valence-corrected chi connectivity index (χ1v) is 7.42. The molecule has 1 atom stereocenters. The lowest BCUT2D eigenvalue weighted by atomic mass is 9.87. The monoisotopic (exact) mass is 290 g/mol. The van der Waals surface area contributed by atoms with E-state index < -0.39 is 0 Å². The maximum atomic E-state index is 12.0. The Morgan fingerprint density at radius 2 is 1.71 bits per heavy atom. The van der Waals surface area contributed by atoms with Gasteiger partial charge in [-0.25, -0.2) is 0 Å². The molecule has 0 saturated carbocycles. The van der Waals surface area contributed by atoms with E-state index in [0.717, 1.165) is 6.42 Å². The van der Waals surface area contributed by atoms with E-state index in [9.17, 15) is 9.59 Å². The Hall–Kier alpha value is -1.84. The Morgan fingerprint density at radius 3 is 2.19 bits per heavy atom. The van der Waals surface area contributed by atoms with Gasteiger partial charge in [-0.3, -0.25) is 9.59 Å². The van der Waals surface area contributed by atoms with Crippen LogP contribution < -0.4 is 10.6 Å². The molecule has 1 unspecified atom stereocenters. The fourth-order valence-electron chi connectivity index (χ4n) is 1.81. The van der Waals surface area contributed by atoms with E-state index in [2.05, 4.69) is 31.4 Å². The summed E-state index contributed by atoms with van der Waals surface area (Å²) in [6.45, 7) is 10.3. The first-order chi connectivity index (χ1) is 9.74. The lowest BCUT2D eigenvalue weighted by Gasteiger charge is -2.19. The van der Waals surface area contributed by atoms with Gasteiger partial charge >= 0.3 is 0 Å². The molecular weight excluding hydrogens is 264 g/mol. The zero-order chi connectivity index (χ0) is 16.0. The number of benzene rings is 1. The van der Waals surface area contributed by atoms with E-state index in [1.807, 2.05) is 26.0 Å². The Morgan fingerprint density at radius 1 is 1.14 bits per heavy atom. The molecule has 4 nitrogen and oxygen atoms in total. The second-order valence-corrected chi connectivity index (χ2v) is 6.39. The van der Waals surface area contributed by atoms with Gasteiger partial charge in [0, 0.05) is 11.6 Å². The second kappa shape index (κ2) is 7.25. The highest BCUT2D eigenvalue weighted by molar-refractivity contribution is 5.96. The first-order valence-electron chi connectivity index (χ1n) is 7.42. The predicted octanol–water partition coefficient (Wildman–Crippen LogP) is 2.63. The predicted molar refractivity (Wildman–Crippen MR) is 85.4 cm³/mol. The molecule has 4 heteroatoms. The van der Waals surface area contributed by atoms with Gasteiger partial charge in [0.25, 0.3) is 5.91 Å². The van der Waals surface area contributed by atoms with Crippen LogP contribution in [0.25, 0.3) is 0 Å². The minimum atomic E-state index is -0.227. The summed E-state index contributed by atoms with van der Waals surface area (Å²) in [6.07, 6.45) is 0.869. The van der Waals surface area contributed by atoms with Crippen molar-refractivity contribution in [2.75, 3.05) is 6.54 Å². The average Bonchev–Trinajstić information content (AvgIpc) is 2.43. The highest BCUT2D eigenvalue weighted by Gasteiger charge is 2.14. The van der Waals surface area contributed by atoms with Crippen molar-refractivity contribution in [3.05, 3.63) is 35.4 Å². The highest BCUT2D eigenvalue weighted by atomic mass is 16.2. The van der Waals surface area contributed by atoms with Crippen LogP contribution in [0, 0.1) is 0 Å². The summed E-state index contributed by atoms with van der Waals surface area (Å²) >= 11 is 0. The average molecular weight is 290 g/mol. The molecule has 0 saturated heterocycles. The number of nitrogens with one attached hydrogen (secondary N) is 2.